The molecular formula is C10H15N5. The predicted octanol–water partition coefficient (Wildman–Crippen LogP) is 0.584. The predicted molar refractivity (Wildman–Crippen MR) is 60.6 cm³/mol. The van der Waals surface area contributed by atoms with Gasteiger partial charge in [-0.25, -0.2) is 0 Å². The first-order valence-corrected chi connectivity index (χ1v) is 4.52. The molecule has 0 fully saturated rings. The normalized spacial score (nSPS) is 9.67. The number of hydrogen-bond acceptors (Lipinski definition) is 2. The Morgan fingerprint density at radius 1 is 1.13 bits per heavy atom. The molecule has 5 nitrogen and oxygen atoms in total. The van der Waals surface area contributed by atoms with Crippen LogP contribution in [-0.4, -0.2) is 16.8 Å². The maximum atomic E-state index is 7.26. The molecule has 0 aliphatic heterocycles. The van der Waals surface area contributed by atoms with Crippen molar-refractivity contribution in [2.75, 3.05) is 0 Å². The maximum absolute atomic E-state index is 7.26. The Morgan fingerprint density at radius 2 is 1.60 bits per heavy atom. The lowest BCUT2D eigenvalue weighted by molar-refractivity contribution is 0.581. The van der Waals surface area contributed by atoms with Crippen molar-refractivity contribution in [1.82, 2.24) is 4.90 Å². The first kappa shape index (κ1) is 11.0. The zero-order chi connectivity index (χ0) is 11.4. The van der Waals surface area contributed by atoms with Crippen molar-refractivity contribution in [1.29, 1.82) is 10.8 Å². The van der Waals surface area contributed by atoms with Crippen LogP contribution in [0.25, 0.3) is 0 Å². The summed E-state index contributed by atoms with van der Waals surface area (Å²) in [6.45, 7) is 2.35. The number of aryl methyl sites for hydroxylation is 1. The van der Waals surface area contributed by atoms with E-state index in [1.807, 2.05) is 31.2 Å². The molecule has 0 aromatic heterocycles. The minimum absolute atomic E-state index is 0.219. The molecule has 1 rings (SSSR count). The van der Waals surface area contributed by atoms with Crippen LogP contribution in [0.4, 0.5) is 0 Å². The third-order valence-corrected chi connectivity index (χ3v) is 2.04. The minimum atomic E-state index is -0.219. The summed E-state index contributed by atoms with van der Waals surface area (Å²) in [5.41, 5.74) is 12.7. The Bertz CT molecular complexity index is 354. The Hall–Kier alpha value is -2.04. The Kier molecular flexibility index (Phi) is 3.28. The molecule has 15 heavy (non-hydrogen) atoms. The highest BCUT2D eigenvalue weighted by molar-refractivity contribution is 5.94. The summed E-state index contributed by atoms with van der Waals surface area (Å²) in [4.78, 5) is 1.23. The van der Waals surface area contributed by atoms with Gasteiger partial charge in [0.25, 0.3) is 0 Å². The van der Waals surface area contributed by atoms with Gasteiger partial charge in [0.1, 0.15) is 0 Å². The fourth-order valence-corrected chi connectivity index (χ4v) is 1.18. The second-order valence-electron chi connectivity index (χ2n) is 3.34. The van der Waals surface area contributed by atoms with Gasteiger partial charge in [-0.1, -0.05) is 29.8 Å². The third kappa shape index (κ3) is 2.98. The number of nitrogens with zero attached hydrogens (tertiary/aromatic N) is 1. The molecule has 0 atom stereocenters. The van der Waals surface area contributed by atoms with E-state index in [0.29, 0.717) is 6.54 Å². The van der Waals surface area contributed by atoms with E-state index in [-0.39, 0.29) is 11.9 Å². The van der Waals surface area contributed by atoms with E-state index in [1.54, 1.807) is 0 Å². The maximum Gasteiger partial charge on any atom is 0.195 e. The van der Waals surface area contributed by atoms with Crippen LogP contribution in [0.2, 0.25) is 0 Å². The summed E-state index contributed by atoms with van der Waals surface area (Å²) in [5.74, 6) is -0.439. The average Bonchev–Trinajstić information content (AvgIpc) is 2.15. The summed E-state index contributed by atoms with van der Waals surface area (Å²) >= 11 is 0. The van der Waals surface area contributed by atoms with Crippen LogP contribution in [0.5, 0.6) is 0 Å². The highest BCUT2D eigenvalue weighted by Crippen LogP contribution is 2.06. The second-order valence-corrected chi connectivity index (χ2v) is 3.34. The standard InChI is InChI=1S/C10H15N5/c1-7-2-4-8(5-3-7)6-15(9(11)12)10(13)14/h2-5H,6H2,1H3,(H3,11,12)(H3,13,14). The fraction of sp³-hybridized carbons (Fsp3) is 0.200. The van der Waals surface area contributed by atoms with Gasteiger partial charge >= 0.3 is 0 Å². The number of nitrogens with one attached hydrogen (secondary N) is 2. The molecule has 6 N–H and O–H groups in total. The summed E-state index contributed by atoms with van der Waals surface area (Å²) in [5, 5.41) is 14.5. The van der Waals surface area contributed by atoms with E-state index >= 15 is 0 Å². The molecule has 0 unspecified atom stereocenters. The molecular weight excluding hydrogens is 190 g/mol. The molecule has 1 aromatic carbocycles. The summed E-state index contributed by atoms with van der Waals surface area (Å²) < 4.78 is 0. The van der Waals surface area contributed by atoms with E-state index in [9.17, 15) is 0 Å². The minimum Gasteiger partial charge on any atom is -0.370 e. The van der Waals surface area contributed by atoms with Crippen LogP contribution in [0.15, 0.2) is 24.3 Å². The van der Waals surface area contributed by atoms with Crippen LogP contribution in [0, 0.1) is 17.7 Å². The molecule has 0 aliphatic carbocycles. The zero-order valence-corrected chi connectivity index (χ0v) is 8.62. The fourth-order valence-electron chi connectivity index (χ4n) is 1.18. The monoisotopic (exact) mass is 205 g/mol. The van der Waals surface area contributed by atoms with Crippen LogP contribution in [-0.2, 0) is 6.54 Å². The smallest absolute Gasteiger partial charge is 0.195 e. The zero-order valence-electron chi connectivity index (χ0n) is 8.62. The van der Waals surface area contributed by atoms with Crippen LogP contribution in [0.3, 0.4) is 0 Å². The van der Waals surface area contributed by atoms with Gasteiger partial charge in [-0.15, -0.1) is 0 Å². The van der Waals surface area contributed by atoms with Gasteiger partial charge in [0.05, 0.1) is 6.54 Å². The molecule has 0 amide bonds. The topological polar surface area (TPSA) is 103 Å². The van der Waals surface area contributed by atoms with E-state index in [0.717, 1.165) is 11.1 Å². The molecule has 80 valence electrons. The van der Waals surface area contributed by atoms with Crippen molar-refractivity contribution in [2.24, 2.45) is 11.5 Å². The molecule has 1 aromatic rings. The molecule has 0 saturated carbocycles. The number of nitrogens with two attached hydrogens (primary N) is 2. The number of benzene rings is 1. The number of rotatable bonds is 2. The van der Waals surface area contributed by atoms with E-state index in [4.69, 9.17) is 22.3 Å². The first-order chi connectivity index (χ1) is 7.00. The number of hydrogen-bond donors (Lipinski definition) is 4. The highest BCUT2D eigenvalue weighted by atomic mass is 15.3. The Balaban J connectivity index is 2.79. The van der Waals surface area contributed by atoms with E-state index < -0.39 is 0 Å². The molecule has 0 aliphatic rings. The quantitative estimate of drug-likeness (QED) is 0.419. The number of guanidine groups is 2. The highest BCUT2D eigenvalue weighted by Gasteiger charge is 2.09. The van der Waals surface area contributed by atoms with Crippen molar-refractivity contribution in [3.8, 4) is 0 Å². The molecule has 5 heteroatoms. The second kappa shape index (κ2) is 4.45. The molecule has 0 saturated heterocycles. The summed E-state index contributed by atoms with van der Waals surface area (Å²) in [6.07, 6.45) is 0. The van der Waals surface area contributed by atoms with Crippen LogP contribution >= 0.6 is 0 Å². The van der Waals surface area contributed by atoms with Gasteiger partial charge in [0.2, 0.25) is 0 Å². The summed E-state index contributed by atoms with van der Waals surface area (Å²) in [7, 11) is 0. The molecule has 0 radical (unpaired) electrons. The van der Waals surface area contributed by atoms with Gasteiger partial charge in [-0.2, -0.15) is 0 Å². The summed E-state index contributed by atoms with van der Waals surface area (Å²) in [6, 6.07) is 7.78. The third-order valence-electron chi connectivity index (χ3n) is 2.04. The largest absolute Gasteiger partial charge is 0.370 e. The van der Waals surface area contributed by atoms with E-state index in [1.165, 1.54) is 4.90 Å². The van der Waals surface area contributed by atoms with Gasteiger partial charge in [-0.05, 0) is 12.5 Å². The SMILES string of the molecule is Cc1ccc(CN(C(=N)N)C(=N)N)cc1. The first-order valence-electron chi connectivity index (χ1n) is 4.52. The molecule has 0 heterocycles. The van der Waals surface area contributed by atoms with Crippen LogP contribution < -0.4 is 11.5 Å². The lowest BCUT2D eigenvalue weighted by atomic mass is 10.1. The lowest BCUT2D eigenvalue weighted by Crippen LogP contribution is -2.44. The van der Waals surface area contributed by atoms with Crippen LogP contribution in [0.1, 0.15) is 11.1 Å². The lowest BCUT2D eigenvalue weighted by Gasteiger charge is -2.20. The van der Waals surface area contributed by atoms with Crippen molar-refractivity contribution in [3.63, 3.8) is 0 Å². The Morgan fingerprint density at radius 3 is 2.00 bits per heavy atom. The van der Waals surface area contributed by atoms with Gasteiger partial charge in [0.15, 0.2) is 11.9 Å². The van der Waals surface area contributed by atoms with Crippen molar-refractivity contribution in [3.05, 3.63) is 35.4 Å². The average molecular weight is 205 g/mol. The van der Waals surface area contributed by atoms with Crippen molar-refractivity contribution < 1.29 is 0 Å². The van der Waals surface area contributed by atoms with Gasteiger partial charge in [-0.3, -0.25) is 15.7 Å². The molecule has 0 spiro atoms. The molecule has 0 bridgehead atoms. The van der Waals surface area contributed by atoms with Crippen molar-refractivity contribution >= 4 is 11.9 Å². The van der Waals surface area contributed by atoms with Crippen molar-refractivity contribution in [2.45, 2.75) is 13.5 Å². The Labute approximate surface area is 88.7 Å². The van der Waals surface area contributed by atoms with E-state index in [2.05, 4.69) is 0 Å². The van der Waals surface area contributed by atoms with Gasteiger partial charge in [0, 0.05) is 0 Å². The van der Waals surface area contributed by atoms with Gasteiger partial charge < -0.3 is 11.5 Å².